The molecule has 0 fully saturated rings. The summed E-state index contributed by atoms with van der Waals surface area (Å²) in [4.78, 5) is 26.6. The van der Waals surface area contributed by atoms with Gasteiger partial charge < -0.3 is 24.8 Å². The largest absolute Gasteiger partial charge is 0.465 e. The number of anilines is 2. The van der Waals surface area contributed by atoms with Crippen molar-refractivity contribution in [3.05, 3.63) is 76.9 Å². The lowest BCUT2D eigenvalue weighted by molar-refractivity contribution is -0.137. The molecule has 0 atom stereocenters. The van der Waals surface area contributed by atoms with E-state index in [9.17, 15) is 31.2 Å². The van der Waals surface area contributed by atoms with Crippen LogP contribution in [0.2, 0.25) is 0 Å². The van der Waals surface area contributed by atoms with E-state index in [0.717, 1.165) is 12.3 Å². The topological polar surface area (TPSA) is 137 Å². The lowest BCUT2D eigenvalue weighted by Gasteiger charge is -2.29. The smallest absolute Gasteiger partial charge is 0.416 e. The summed E-state index contributed by atoms with van der Waals surface area (Å²) in [6.07, 6.45) is -3.35. The van der Waals surface area contributed by atoms with E-state index in [2.05, 4.69) is 4.72 Å². The number of hydrogen-bond acceptors (Lipinski definition) is 7. The molecule has 1 aliphatic rings. The molecule has 42 heavy (non-hydrogen) atoms. The van der Waals surface area contributed by atoms with Crippen molar-refractivity contribution >= 4 is 33.2 Å². The van der Waals surface area contributed by atoms with Crippen LogP contribution in [-0.4, -0.2) is 60.1 Å². The predicted octanol–water partition coefficient (Wildman–Crippen LogP) is 4.05. The minimum Gasteiger partial charge on any atom is -0.465 e. The monoisotopic (exact) mass is 607 g/mol. The van der Waals surface area contributed by atoms with Crippen LogP contribution < -0.4 is 20.1 Å². The van der Waals surface area contributed by atoms with E-state index in [-0.39, 0.29) is 48.4 Å². The van der Waals surface area contributed by atoms with Crippen molar-refractivity contribution in [1.82, 2.24) is 0 Å². The van der Waals surface area contributed by atoms with Gasteiger partial charge in [0.25, 0.3) is 5.91 Å². The van der Waals surface area contributed by atoms with Gasteiger partial charge in [0, 0.05) is 30.5 Å². The van der Waals surface area contributed by atoms with Crippen LogP contribution in [-0.2, 0) is 32.1 Å². The summed E-state index contributed by atoms with van der Waals surface area (Å²) in [5.41, 5.74) is 5.92. The molecule has 3 N–H and O–H groups in total. The summed E-state index contributed by atoms with van der Waals surface area (Å²) in [6.45, 7) is 0.674. The number of alkyl halides is 3. The van der Waals surface area contributed by atoms with Crippen LogP contribution in [0.1, 0.15) is 31.8 Å². The Morgan fingerprint density at radius 2 is 1.81 bits per heavy atom. The number of sulfonamides is 1. The standard InChI is InChI=1S/C28H28F3N3O7S/c1-39-9-10-40-16-41-25-6-4-22(15-24(25)33-42(2,37)38)34-8-7-18-11-17(3-5-23(18)27(34)36)19-12-20(26(32)35)14-21(13-19)28(29,30)31/h3-6,11-15,33H,7-10,16H2,1-2H3,(H2,32,35). The summed E-state index contributed by atoms with van der Waals surface area (Å²) >= 11 is 0. The van der Waals surface area contributed by atoms with Gasteiger partial charge in [0.2, 0.25) is 15.9 Å². The van der Waals surface area contributed by atoms with E-state index < -0.39 is 27.7 Å². The van der Waals surface area contributed by atoms with Crippen LogP contribution in [0.4, 0.5) is 24.5 Å². The van der Waals surface area contributed by atoms with Crippen LogP contribution in [0.25, 0.3) is 11.1 Å². The number of halogens is 3. The molecule has 3 aromatic carbocycles. The van der Waals surface area contributed by atoms with Gasteiger partial charge in [-0.2, -0.15) is 13.2 Å². The van der Waals surface area contributed by atoms with Gasteiger partial charge in [-0.3, -0.25) is 14.3 Å². The molecule has 0 saturated carbocycles. The fourth-order valence-corrected chi connectivity index (χ4v) is 4.97. The van der Waals surface area contributed by atoms with E-state index in [1.807, 2.05) is 0 Å². The molecule has 224 valence electrons. The summed E-state index contributed by atoms with van der Waals surface area (Å²) in [6, 6.07) is 12.1. The average Bonchev–Trinajstić information content (AvgIpc) is 2.92. The first kappa shape index (κ1) is 30.8. The first-order valence-corrected chi connectivity index (χ1v) is 14.4. The Bertz CT molecular complexity index is 1610. The van der Waals surface area contributed by atoms with Crippen LogP contribution in [0.5, 0.6) is 5.75 Å². The second-order valence-electron chi connectivity index (χ2n) is 9.46. The fourth-order valence-electron chi connectivity index (χ4n) is 4.41. The minimum absolute atomic E-state index is 0.106. The van der Waals surface area contributed by atoms with Gasteiger partial charge in [-0.05, 0) is 65.6 Å². The zero-order valence-corrected chi connectivity index (χ0v) is 23.5. The highest BCUT2D eigenvalue weighted by atomic mass is 32.2. The Morgan fingerprint density at radius 1 is 1.05 bits per heavy atom. The zero-order chi connectivity index (χ0) is 30.7. The molecule has 3 aromatic rings. The highest BCUT2D eigenvalue weighted by Gasteiger charge is 2.32. The van der Waals surface area contributed by atoms with Crippen molar-refractivity contribution in [2.75, 3.05) is 49.5 Å². The third-order valence-electron chi connectivity index (χ3n) is 6.36. The Morgan fingerprint density at radius 3 is 2.48 bits per heavy atom. The molecule has 0 spiro atoms. The van der Waals surface area contributed by atoms with Crippen molar-refractivity contribution in [1.29, 1.82) is 0 Å². The van der Waals surface area contributed by atoms with Gasteiger partial charge in [-0.25, -0.2) is 8.42 Å². The molecule has 2 amide bonds. The predicted molar refractivity (Wildman–Crippen MR) is 149 cm³/mol. The molecule has 0 bridgehead atoms. The van der Waals surface area contributed by atoms with Gasteiger partial charge in [0.15, 0.2) is 6.79 Å². The van der Waals surface area contributed by atoms with E-state index >= 15 is 0 Å². The number of ether oxygens (including phenoxy) is 3. The number of benzene rings is 3. The summed E-state index contributed by atoms with van der Waals surface area (Å²) in [7, 11) is -2.17. The Kier molecular flexibility index (Phi) is 9.09. The Labute approximate surface area is 240 Å². The maximum Gasteiger partial charge on any atom is 0.416 e. The van der Waals surface area contributed by atoms with Crippen molar-refractivity contribution in [3.8, 4) is 16.9 Å². The van der Waals surface area contributed by atoms with Crippen LogP contribution in [0.3, 0.4) is 0 Å². The van der Waals surface area contributed by atoms with E-state index in [0.29, 0.717) is 41.5 Å². The minimum atomic E-state index is -4.69. The molecule has 14 heteroatoms. The molecule has 0 unspecified atom stereocenters. The summed E-state index contributed by atoms with van der Waals surface area (Å²) in [5.74, 6) is -1.19. The summed E-state index contributed by atoms with van der Waals surface area (Å²) < 4.78 is 82.4. The molecule has 4 rings (SSSR count). The number of nitrogens with one attached hydrogen (secondary N) is 1. The van der Waals surface area contributed by atoms with Gasteiger partial charge >= 0.3 is 6.18 Å². The number of hydrogen-bond donors (Lipinski definition) is 2. The lowest BCUT2D eigenvalue weighted by atomic mass is 9.92. The first-order chi connectivity index (χ1) is 19.8. The highest BCUT2D eigenvalue weighted by molar-refractivity contribution is 7.92. The Balaban J connectivity index is 1.62. The van der Waals surface area contributed by atoms with Gasteiger partial charge in [0.05, 0.1) is 30.7 Å². The Hall–Kier alpha value is -4.14. The number of amides is 2. The van der Waals surface area contributed by atoms with E-state index in [1.54, 1.807) is 12.1 Å². The van der Waals surface area contributed by atoms with Crippen LogP contribution >= 0.6 is 0 Å². The number of carbonyl (C=O) groups excluding carboxylic acids is 2. The van der Waals surface area contributed by atoms with Gasteiger partial charge in [-0.1, -0.05) is 12.1 Å². The molecule has 0 aliphatic carbocycles. The van der Waals surface area contributed by atoms with E-state index in [1.165, 1.54) is 42.3 Å². The second kappa shape index (κ2) is 12.4. The van der Waals surface area contributed by atoms with Crippen LogP contribution in [0, 0.1) is 0 Å². The normalized spacial score (nSPS) is 13.5. The number of fused-ring (bicyclic) bond motifs is 1. The van der Waals surface area contributed by atoms with Gasteiger partial charge in [-0.15, -0.1) is 0 Å². The van der Waals surface area contributed by atoms with Crippen molar-refractivity contribution in [2.24, 2.45) is 5.73 Å². The second-order valence-corrected chi connectivity index (χ2v) is 11.2. The SMILES string of the molecule is COCCOCOc1ccc(N2CCc3cc(-c4cc(C(N)=O)cc(C(F)(F)F)c4)ccc3C2=O)cc1NS(C)(=O)=O. The molecule has 0 radical (unpaired) electrons. The molecule has 1 aliphatic heterocycles. The highest BCUT2D eigenvalue weighted by Crippen LogP contribution is 2.36. The van der Waals surface area contributed by atoms with Crippen molar-refractivity contribution in [2.45, 2.75) is 12.6 Å². The maximum atomic E-state index is 13.5. The number of methoxy groups -OCH3 is 1. The van der Waals surface area contributed by atoms with E-state index in [4.69, 9.17) is 19.9 Å². The van der Waals surface area contributed by atoms with Crippen molar-refractivity contribution < 1.29 is 45.4 Å². The maximum absolute atomic E-state index is 13.5. The molecule has 0 aromatic heterocycles. The lowest BCUT2D eigenvalue weighted by Crippen LogP contribution is -2.37. The average molecular weight is 608 g/mol. The third-order valence-corrected chi connectivity index (χ3v) is 6.95. The first-order valence-electron chi connectivity index (χ1n) is 12.6. The fraction of sp³-hybridized carbons (Fsp3) is 0.286. The summed E-state index contributed by atoms with van der Waals surface area (Å²) in [5, 5.41) is 0. The number of primary amides is 1. The third kappa shape index (κ3) is 7.38. The van der Waals surface area contributed by atoms with Crippen molar-refractivity contribution in [3.63, 3.8) is 0 Å². The molecule has 1 heterocycles. The van der Waals surface area contributed by atoms with Crippen LogP contribution in [0.15, 0.2) is 54.6 Å². The molecule has 10 nitrogen and oxygen atoms in total. The number of rotatable bonds is 11. The quantitative estimate of drug-likeness (QED) is 0.248. The zero-order valence-electron chi connectivity index (χ0n) is 22.7. The number of nitrogens with two attached hydrogens (primary N) is 1. The molecular formula is C28H28F3N3O7S. The number of nitrogens with zero attached hydrogens (tertiary/aromatic N) is 1. The molecular weight excluding hydrogens is 579 g/mol. The number of carbonyl (C=O) groups is 2. The van der Waals surface area contributed by atoms with Gasteiger partial charge in [0.1, 0.15) is 5.75 Å². The molecule has 0 saturated heterocycles.